The van der Waals surface area contributed by atoms with Gasteiger partial charge < -0.3 is 14.8 Å². The minimum atomic E-state index is -0.254. The number of fused-ring (bicyclic) bond motifs is 1. The van der Waals surface area contributed by atoms with Gasteiger partial charge in [0.1, 0.15) is 11.5 Å². The van der Waals surface area contributed by atoms with Crippen molar-refractivity contribution in [1.29, 1.82) is 0 Å². The Balaban J connectivity index is 1.53. The number of ether oxygens (including phenoxy) is 2. The first-order valence-electron chi connectivity index (χ1n) is 9.20. The Morgan fingerprint density at radius 3 is 2.96 bits per heavy atom. The Morgan fingerprint density at radius 1 is 1.29 bits per heavy atom. The second kappa shape index (κ2) is 7.34. The number of nitrogens with one attached hydrogen (secondary N) is 1. The summed E-state index contributed by atoms with van der Waals surface area (Å²) < 4.78 is 12.4. The molecule has 0 unspecified atom stereocenters. The summed E-state index contributed by atoms with van der Waals surface area (Å²) in [6.45, 7) is 4.50. The van der Waals surface area contributed by atoms with E-state index in [1.807, 2.05) is 50.2 Å². The van der Waals surface area contributed by atoms with Gasteiger partial charge in [0.2, 0.25) is 0 Å². The van der Waals surface area contributed by atoms with Crippen molar-refractivity contribution in [1.82, 2.24) is 20.3 Å². The van der Waals surface area contributed by atoms with Crippen molar-refractivity contribution >= 4 is 5.91 Å². The second-order valence-corrected chi connectivity index (χ2v) is 6.80. The van der Waals surface area contributed by atoms with Crippen molar-refractivity contribution in [2.45, 2.75) is 26.3 Å². The van der Waals surface area contributed by atoms with Crippen LogP contribution in [0.1, 0.15) is 40.3 Å². The van der Waals surface area contributed by atoms with Crippen molar-refractivity contribution in [3.05, 3.63) is 65.0 Å². The molecule has 1 aliphatic heterocycles. The number of rotatable bonds is 5. The lowest BCUT2D eigenvalue weighted by Gasteiger charge is -2.14. The zero-order valence-corrected chi connectivity index (χ0v) is 16.1. The molecule has 1 aromatic heterocycles. The minimum Gasteiger partial charge on any atom is -0.497 e. The summed E-state index contributed by atoms with van der Waals surface area (Å²) in [7, 11) is 1.61. The lowest BCUT2D eigenvalue weighted by Crippen LogP contribution is -2.27. The quantitative estimate of drug-likeness (QED) is 0.738. The summed E-state index contributed by atoms with van der Waals surface area (Å²) in [5.74, 6) is 1.39. The fraction of sp³-hybridized carbons (Fsp3) is 0.286. The Bertz CT molecular complexity index is 1030. The van der Waals surface area contributed by atoms with Crippen LogP contribution in [0.5, 0.6) is 11.5 Å². The molecule has 4 rings (SSSR count). The van der Waals surface area contributed by atoms with E-state index in [1.165, 1.54) is 5.56 Å². The van der Waals surface area contributed by atoms with E-state index in [-0.39, 0.29) is 11.9 Å². The third-order valence-corrected chi connectivity index (χ3v) is 4.97. The molecule has 2 heterocycles. The molecule has 0 saturated carbocycles. The molecule has 0 spiro atoms. The fourth-order valence-electron chi connectivity index (χ4n) is 3.35. The number of nitrogens with zero attached hydrogens (tertiary/aromatic N) is 3. The van der Waals surface area contributed by atoms with Gasteiger partial charge in [-0.15, -0.1) is 5.10 Å². The van der Waals surface area contributed by atoms with Crippen LogP contribution in [0.3, 0.4) is 0 Å². The molecule has 28 heavy (non-hydrogen) atoms. The zero-order valence-electron chi connectivity index (χ0n) is 16.1. The summed E-state index contributed by atoms with van der Waals surface area (Å²) in [4.78, 5) is 12.8. The molecule has 144 valence electrons. The Kier molecular flexibility index (Phi) is 4.73. The number of benzene rings is 2. The van der Waals surface area contributed by atoms with E-state index >= 15 is 0 Å². The van der Waals surface area contributed by atoms with Crippen molar-refractivity contribution in [2.24, 2.45) is 0 Å². The van der Waals surface area contributed by atoms with Crippen LogP contribution in [0.4, 0.5) is 0 Å². The minimum absolute atomic E-state index is 0.153. The van der Waals surface area contributed by atoms with E-state index in [0.717, 1.165) is 23.4 Å². The van der Waals surface area contributed by atoms with Crippen molar-refractivity contribution in [2.75, 3.05) is 13.7 Å². The van der Waals surface area contributed by atoms with Crippen LogP contribution in [0.15, 0.2) is 42.5 Å². The van der Waals surface area contributed by atoms with Crippen LogP contribution in [0.2, 0.25) is 0 Å². The van der Waals surface area contributed by atoms with Crippen molar-refractivity contribution < 1.29 is 14.3 Å². The maximum atomic E-state index is 12.8. The van der Waals surface area contributed by atoms with E-state index < -0.39 is 0 Å². The van der Waals surface area contributed by atoms with Gasteiger partial charge in [0.15, 0.2) is 5.69 Å². The summed E-state index contributed by atoms with van der Waals surface area (Å²) in [6, 6.07) is 13.3. The molecule has 0 bridgehead atoms. The summed E-state index contributed by atoms with van der Waals surface area (Å²) in [5, 5.41) is 11.2. The highest BCUT2D eigenvalue weighted by Gasteiger charge is 2.21. The molecule has 0 fully saturated rings. The summed E-state index contributed by atoms with van der Waals surface area (Å²) in [6.07, 6.45) is 0.901. The molecule has 7 heteroatoms. The average Bonchev–Trinajstić information content (AvgIpc) is 3.33. The lowest BCUT2D eigenvalue weighted by atomic mass is 10.0. The van der Waals surface area contributed by atoms with E-state index in [0.29, 0.717) is 23.7 Å². The molecule has 3 aromatic rings. The Hall–Kier alpha value is -3.35. The Labute approximate surface area is 163 Å². The first-order chi connectivity index (χ1) is 13.6. The molecule has 2 aromatic carbocycles. The van der Waals surface area contributed by atoms with Gasteiger partial charge in [-0.3, -0.25) is 4.79 Å². The molecule has 1 amide bonds. The largest absolute Gasteiger partial charge is 0.497 e. The number of hydrogen-bond donors (Lipinski definition) is 1. The lowest BCUT2D eigenvalue weighted by molar-refractivity contribution is 0.0934. The molecule has 0 aliphatic carbocycles. The standard InChI is InChI=1S/C21H22N4O3/c1-13(15-7-8-19-16(11-15)9-10-28-19)22-21(26)20-14(2)25(24-23-20)17-5-4-6-18(12-17)27-3/h4-8,11-13H,9-10H2,1-3H3,(H,22,26)/t13-/m0/s1. The smallest absolute Gasteiger partial charge is 0.274 e. The fourth-order valence-corrected chi connectivity index (χ4v) is 3.35. The molecule has 0 saturated heterocycles. The molecule has 0 radical (unpaired) electrons. The van der Waals surface area contributed by atoms with Gasteiger partial charge in [-0.05, 0) is 49.2 Å². The van der Waals surface area contributed by atoms with Gasteiger partial charge in [-0.25, -0.2) is 4.68 Å². The SMILES string of the molecule is COc1cccc(-n2nnc(C(=O)N[C@@H](C)c3ccc4c(c3)CCO4)c2C)c1. The van der Waals surface area contributed by atoms with Crippen molar-refractivity contribution in [3.63, 3.8) is 0 Å². The normalized spacial score (nSPS) is 13.5. The van der Waals surface area contributed by atoms with Gasteiger partial charge in [0.05, 0.1) is 31.1 Å². The third-order valence-electron chi connectivity index (χ3n) is 4.97. The van der Waals surface area contributed by atoms with E-state index in [4.69, 9.17) is 9.47 Å². The first kappa shape index (κ1) is 18.0. The third kappa shape index (κ3) is 3.31. The highest BCUT2D eigenvalue weighted by Crippen LogP contribution is 2.28. The van der Waals surface area contributed by atoms with Gasteiger partial charge in [-0.1, -0.05) is 17.3 Å². The van der Waals surface area contributed by atoms with Crippen LogP contribution < -0.4 is 14.8 Å². The number of aromatic nitrogens is 3. The number of methoxy groups -OCH3 is 1. The second-order valence-electron chi connectivity index (χ2n) is 6.80. The number of carbonyl (C=O) groups excluding carboxylic acids is 1. The monoisotopic (exact) mass is 378 g/mol. The summed E-state index contributed by atoms with van der Waals surface area (Å²) >= 11 is 0. The number of carbonyl (C=O) groups is 1. The number of hydrogen-bond acceptors (Lipinski definition) is 5. The molecule has 1 aliphatic rings. The van der Waals surface area contributed by atoms with Crippen LogP contribution in [0, 0.1) is 6.92 Å². The maximum Gasteiger partial charge on any atom is 0.274 e. The van der Waals surface area contributed by atoms with Crippen LogP contribution in [-0.2, 0) is 6.42 Å². The van der Waals surface area contributed by atoms with Crippen LogP contribution in [-0.4, -0.2) is 34.6 Å². The predicted molar refractivity (Wildman–Crippen MR) is 104 cm³/mol. The molecule has 1 atom stereocenters. The van der Waals surface area contributed by atoms with E-state index in [2.05, 4.69) is 21.7 Å². The van der Waals surface area contributed by atoms with Gasteiger partial charge in [0.25, 0.3) is 5.91 Å². The molecular weight excluding hydrogens is 356 g/mol. The molecule has 7 nitrogen and oxygen atoms in total. The van der Waals surface area contributed by atoms with Gasteiger partial charge >= 0.3 is 0 Å². The zero-order chi connectivity index (χ0) is 19.7. The van der Waals surface area contributed by atoms with Crippen molar-refractivity contribution in [3.8, 4) is 17.2 Å². The van der Waals surface area contributed by atoms with Gasteiger partial charge in [-0.2, -0.15) is 0 Å². The molecular formula is C21H22N4O3. The molecule has 1 N–H and O–H groups in total. The predicted octanol–water partition coefficient (Wildman–Crippen LogP) is 3.01. The van der Waals surface area contributed by atoms with Crippen LogP contribution in [0.25, 0.3) is 5.69 Å². The van der Waals surface area contributed by atoms with E-state index in [1.54, 1.807) is 11.8 Å². The Morgan fingerprint density at radius 2 is 2.14 bits per heavy atom. The first-order valence-corrected chi connectivity index (χ1v) is 9.20. The highest BCUT2D eigenvalue weighted by atomic mass is 16.5. The maximum absolute atomic E-state index is 12.8. The highest BCUT2D eigenvalue weighted by molar-refractivity contribution is 5.93. The summed E-state index contributed by atoms with van der Waals surface area (Å²) in [5.41, 5.74) is 3.98. The van der Waals surface area contributed by atoms with Gasteiger partial charge in [0, 0.05) is 12.5 Å². The topological polar surface area (TPSA) is 78.3 Å². The number of amides is 1. The van der Waals surface area contributed by atoms with E-state index in [9.17, 15) is 4.79 Å². The van der Waals surface area contributed by atoms with Crippen LogP contribution >= 0.6 is 0 Å². The average molecular weight is 378 g/mol.